The summed E-state index contributed by atoms with van der Waals surface area (Å²) in [6, 6.07) is 17.9. The average molecular weight is 442 g/mol. The van der Waals surface area contributed by atoms with Crippen LogP contribution in [0.5, 0.6) is 0 Å². The Balaban J connectivity index is 1.44. The Morgan fingerprint density at radius 1 is 1.12 bits per heavy atom. The maximum absolute atomic E-state index is 13.2. The van der Waals surface area contributed by atoms with Crippen molar-refractivity contribution in [3.8, 4) is 17.3 Å². The molecular formula is C26H27N5O2. The van der Waals surface area contributed by atoms with Gasteiger partial charge >= 0.3 is 0 Å². The molecule has 0 saturated heterocycles. The van der Waals surface area contributed by atoms with Gasteiger partial charge in [-0.05, 0) is 60.6 Å². The summed E-state index contributed by atoms with van der Waals surface area (Å²) in [5.74, 6) is 1.02. The molecule has 168 valence electrons. The zero-order chi connectivity index (χ0) is 22.9. The fourth-order valence-electron chi connectivity index (χ4n) is 4.44. The Morgan fingerprint density at radius 2 is 1.97 bits per heavy atom. The first kappa shape index (κ1) is 21.1. The summed E-state index contributed by atoms with van der Waals surface area (Å²) >= 11 is 0. The van der Waals surface area contributed by atoms with Gasteiger partial charge in [0.2, 0.25) is 5.89 Å². The number of carbonyl (C=O) groups is 1. The monoisotopic (exact) mass is 441 g/mol. The summed E-state index contributed by atoms with van der Waals surface area (Å²) in [5, 5.41) is 16.0. The molecule has 1 aliphatic rings. The van der Waals surface area contributed by atoms with E-state index in [4.69, 9.17) is 9.52 Å². The van der Waals surface area contributed by atoms with Gasteiger partial charge in [0.05, 0.1) is 11.7 Å². The first-order chi connectivity index (χ1) is 16.0. The van der Waals surface area contributed by atoms with Crippen LogP contribution in [0.1, 0.15) is 71.7 Å². The second-order valence-corrected chi connectivity index (χ2v) is 8.81. The Morgan fingerprint density at radius 3 is 2.76 bits per heavy atom. The highest BCUT2D eigenvalue weighted by molar-refractivity contribution is 5.95. The summed E-state index contributed by atoms with van der Waals surface area (Å²) in [5.41, 5.74) is 5.59. The van der Waals surface area contributed by atoms with Gasteiger partial charge in [-0.15, -0.1) is 10.2 Å². The smallest absolute Gasteiger partial charge is 0.268 e. The van der Waals surface area contributed by atoms with E-state index in [9.17, 15) is 4.79 Å². The van der Waals surface area contributed by atoms with Gasteiger partial charge in [-0.1, -0.05) is 44.2 Å². The fraction of sp³-hybridized carbons (Fsp3) is 0.308. The zero-order valence-electron chi connectivity index (χ0n) is 19.1. The molecule has 1 amide bonds. The topological polar surface area (TPSA) is 85.8 Å². The highest BCUT2D eigenvalue weighted by atomic mass is 16.4. The lowest BCUT2D eigenvalue weighted by atomic mass is 9.87. The van der Waals surface area contributed by atoms with E-state index in [1.807, 2.05) is 41.1 Å². The SMILES string of the molecule is Cc1nnc(-c2cc(C(C)C)n(-c3cccc(C(=O)NC4CCCc5ccccc54)c3)n2)o1. The first-order valence-electron chi connectivity index (χ1n) is 11.4. The van der Waals surface area contributed by atoms with Gasteiger partial charge in [0, 0.05) is 18.2 Å². The molecule has 2 aromatic carbocycles. The van der Waals surface area contributed by atoms with E-state index in [1.54, 1.807) is 6.92 Å². The molecule has 0 radical (unpaired) electrons. The van der Waals surface area contributed by atoms with Crippen molar-refractivity contribution >= 4 is 5.91 Å². The fourth-order valence-corrected chi connectivity index (χ4v) is 4.44. The largest absolute Gasteiger partial charge is 0.420 e. The van der Waals surface area contributed by atoms with Gasteiger partial charge in [-0.2, -0.15) is 5.10 Å². The first-order valence-corrected chi connectivity index (χ1v) is 11.4. The molecule has 1 atom stereocenters. The van der Waals surface area contributed by atoms with Crippen LogP contribution in [-0.4, -0.2) is 25.9 Å². The van der Waals surface area contributed by atoms with Crippen molar-refractivity contribution in [2.45, 2.75) is 52.0 Å². The molecule has 5 rings (SSSR count). The van der Waals surface area contributed by atoms with Gasteiger partial charge < -0.3 is 9.73 Å². The molecule has 0 fully saturated rings. The number of fused-ring (bicyclic) bond motifs is 1. The maximum atomic E-state index is 13.2. The normalized spacial score (nSPS) is 15.5. The second-order valence-electron chi connectivity index (χ2n) is 8.81. The second kappa shape index (κ2) is 8.65. The lowest BCUT2D eigenvalue weighted by Crippen LogP contribution is -2.31. The van der Waals surface area contributed by atoms with Crippen molar-refractivity contribution in [3.05, 3.63) is 82.9 Å². The molecule has 0 spiro atoms. The third-order valence-electron chi connectivity index (χ3n) is 6.10. The van der Waals surface area contributed by atoms with Crippen LogP contribution in [0.25, 0.3) is 17.3 Å². The number of amides is 1. The van der Waals surface area contributed by atoms with Crippen molar-refractivity contribution in [3.63, 3.8) is 0 Å². The Hall–Kier alpha value is -3.74. The van der Waals surface area contributed by atoms with E-state index in [0.29, 0.717) is 23.0 Å². The van der Waals surface area contributed by atoms with Crippen LogP contribution in [0.15, 0.2) is 59.0 Å². The molecule has 7 nitrogen and oxygen atoms in total. The summed E-state index contributed by atoms with van der Waals surface area (Å²) < 4.78 is 7.42. The molecule has 33 heavy (non-hydrogen) atoms. The van der Waals surface area contributed by atoms with Crippen molar-refractivity contribution in [1.82, 2.24) is 25.3 Å². The third kappa shape index (κ3) is 4.18. The predicted octanol–water partition coefficient (Wildman–Crippen LogP) is 5.16. The van der Waals surface area contributed by atoms with E-state index >= 15 is 0 Å². The number of carbonyl (C=O) groups excluding carboxylic acids is 1. The Bertz CT molecular complexity index is 1300. The minimum absolute atomic E-state index is 0.0365. The van der Waals surface area contributed by atoms with E-state index in [1.165, 1.54) is 11.1 Å². The van der Waals surface area contributed by atoms with Crippen LogP contribution >= 0.6 is 0 Å². The van der Waals surface area contributed by atoms with Crippen LogP contribution in [0.2, 0.25) is 0 Å². The minimum Gasteiger partial charge on any atom is -0.420 e. The molecule has 0 bridgehead atoms. The molecule has 4 aromatic rings. The lowest BCUT2D eigenvalue weighted by molar-refractivity contribution is 0.0932. The van der Waals surface area contributed by atoms with Crippen molar-refractivity contribution in [2.24, 2.45) is 0 Å². The number of benzene rings is 2. The molecular weight excluding hydrogens is 414 g/mol. The molecule has 1 unspecified atom stereocenters. The standard InChI is InChI=1S/C26H27N5O2/c1-16(2)24-15-23(26-29-28-17(3)33-26)30-31(24)20-11-6-10-19(14-20)25(32)27-22-13-7-9-18-8-4-5-12-21(18)22/h4-6,8,10-12,14-16,22H,7,9,13H2,1-3H3,(H,27,32). The zero-order valence-corrected chi connectivity index (χ0v) is 19.1. The molecule has 0 saturated carbocycles. The quantitative estimate of drug-likeness (QED) is 0.462. The van der Waals surface area contributed by atoms with E-state index in [-0.39, 0.29) is 17.9 Å². The van der Waals surface area contributed by atoms with E-state index < -0.39 is 0 Å². The van der Waals surface area contributed by atoms with Gasteiger partial charge in [-0.3, -0.25) is 4.79 Å². The van der Waals surface area contributed by atoms with Crippen LogP contribution in [0.3, 0.4) is 0 Å². The van der Waals surface area contributed by atoms with Gasteiger partial charge in [0.15, 0.2) is 0 Å². The molecule has 0 aliphatic heterocycles. The number of hydrogen-bond donors (Lipinski definition) is 1. The molecule has 7 heteroatoms. The summed E-state index contributed by atoms with van der Waals surface area (Å²) in [7, 11) is 0. The van der Waals surface area contributed by atoms with Crippen molar-refractivity contribution < 1.29 is 9.21 Å². The van der Waals surface area contributed by atoms with Crippen molar-refractivity contribution in [1.29, 1.82) is 0 Å². The van der Waals surface area contributed by atoms with Gasteiger partial charge in [0.1, 0.15) is 5.69 Å². The number of aromatic nitrogens is 4. The Labute approximate surface area is 192 Å². The number of aryl methyl sites for hydroxylation is 2. The maximum Gasteiger partial charge on any atom is 0.268 e. The van der Waals surface area contributed by atoms with Crippen LogP contribution in [0, 0.1) is 6.92 Å². The molecule has 1 N–H and O–H groups in total. The van der Waals surface area contributed by atoms with Crippen LogP contribution in [0.4, 0.5) is 0 Å². The number of rotatable bonds is 5. The van der Waals surface area contributed by atoms with Crippen molar-refractivity contribution in [2.75, 3.05) is 0 Å². The Kier molecular flexibility index (Phi) is 5.54. The number of nitrogens with zero attached hydrogens (tertiary/aromatic N) is 4. The van der Waals surface area contributed by atoms with E-state index in [0.717, 1.165) is 30.6 Å². The minimum atomic E-state index is -0.0791. The van der Waals surface area contributed by atoms with Crippen LogP contribution in [-0.2, 0) is 6.42 Å². The summed E-state index contributed by atoms with van der Waals surface area (Å²) in [6.45, 7) is 5.96. The van der Waals surface area contributed by atoms with Gasteiger partial charge in [-0.25, -0.2) is 4.68 Å². The highest BCUT2D eigenvalue weighted by Crippen LogP contribution is 2.30. The lowest BCUT2D eigenvalue weighted by Gasteiger charge is -2.26. The number of hydrogen-bond acceptors (Lipinski definition) is 5. The summed E-state index contributed by atoms with van der Waals surface area (Å²) in [4.78, 5) is 13.2. The van der Waals surface area contributed by atoms with E-state index in [2.05, 4.69) is 47.6 Å². The third-order valence-corrected chi connectivity index (χ3v) is 6.10. The molecule has 2 heterocycles. The number of nitrogens with one attached hydrogen (secondary N) is 1. The molecule has 1 aliphatic carbocycles. The average Bonchev–Trinajstić information content (AvgIpc) is 3.46. The van der Waals surface area contributed by atoms with Crippen LogP contribution < -0.4 is 5.32 Å². The highest BCUT2D eigenvalue weighted by Gasteiger charge is 2.23. The molecule has 2 aromatic heterocycles. The summed E-state index contributed by atoms with van der Waals surface area (Å²) in [6.07, 6.45) is 3.09. The van der Waals surface area contributed by atoms with Gasteiger partial charge in [0.25, 0.3) is 11.8 Å². The predicted molar refractivity (Wildman–Crippen MR) is 125 cm³/mol.